The molecular formula is C28H36N8O3S2. The third-order valence-corrected chi connectivity index (χ3v) is 11.3. The van der Waals surface area contributed by atoms with E-state index in [1.165, 1.54) is 16.7 Å². The van der Waals surface area contributed by atoms with Crippen molar-refractivity contribution in [3.05, 3.63) is 47.2 Å². The van der Waals surface area contributed by atoms with E-state index in [2.05, 4.69) is 59.1 Å². The number of morpholine rings is 1. The number of nitrogens with zero attached hydrogens (tertiary/aromatic N) is 7. The molecule has 13 heteroatoms. The number of hydrogen-bond donors (Lipinski definition) is 1. The zero-order valence-electron chi connectivity index (χ0n) is 23.3. The summed E-state index contributed by atoms with van der Waals surface area (Å²) in [7, 11) is -3.23. The van der Waals surface area contributed by atoms with Crippen molar-refractivity contribution in [2.45, 2.75) is 31.5 Å². The molecule has 6 heterocycles. The number of piperidine rings is 1. The number of ether oxygens (including phenoxy) is 1. The Bertz CT molecular complexity index is 1640. The van der Waals surface area contributed by atoms with Gasteiger partial charge in [-0.2, -0.15) is 9.40 Å². The second kappa shape index (κ2) is 10.9. The van der Waals surface area contributed by atoms with E-state index in [4.69, 9.17) is 4.74 Å². The number of hydrogen-bond acceptors (Lipinski definition) is 10. The van der Waals surface area contributed by atoms with Crippen LogP contribution in [-0.4, -0.2) is 108 Å². The third kappa shape index (κ3) is 4.92. The number of thiophene rings is 1. The zero-order chi connectivity index (χ0) is 28.0. The van der Waals surface area contributed by atoms with E-state index in [-0.39, 0.29) is 5.66 Å². The van der Waals surface area contributed by atoms with Crippen LogP contribution in [-0.2, 0) is 27.0 Å². The molecule has 7 rings (SSSR count). The minimum atomic E-state index is -3.23. The van der Waals surface area contributed by atoms with Crippen LogP contribution in [0.15, 0.2) is 36.8 Å². The summed E-state index contributed by atoms with van der Waals surface area (Å²) in [6.45, 7) is 7.19. The molecule has 218 valence electrons. The Hall–Kier alpha value is -2.68. The fourth-order valence-corrected chi connectivity index (χ4v) is 8.89. The monoisotopic (exact) mass is 596 g/mol. The van der Waals surface area contributed by atoms with Gasteiger partial charge in [-0.15, -0.1) is 11.3 Å². The molecule has 3 aliphatic heterocycles. The molecule has 3 fully saturated rings. The van der Waals surface area contributed by atoms with E-state index in [1.807, 2.05) is 6.20 Å². The number of nitrogens with one attached hydrogen (secondary N) is 1. The number of fused-ring (bicyclic) bond motifs is 2. The SMILES string of the molecule is CS(=O)(=O)N1CCN(C2(c3cccc4[nH]ncc34)CCCCN2Cc2cc3ncnc(N4CCOCC4)c3s2)CC1. The molecule has 0 saturated carbocycles. The summed E-state index contributed by atoms with van der Waals surface area (Å²) >= 11 is 1.79. The van der Waals surface area contributed by atoms with E-state index in [9.17, 15) is 8.42 Å². The van der Waals surface area contributed by atoms with Crippen LogP contribution in [0.5, 0.6) is 0 Å². The Morgan fingerprint density at radius 2 is 1.88 bits per heavy atom. The summed E-state index contributed by atoms with van der Waals surface area (Å²) in [6.07, 6.45) is 8.13. The normalized spacial score (nSPS) is 24.0. The number of likely N-dealkylation sites (tertiary alicyclic amines) is 1. The van der Waals surface area contributed by atoms with Gasteiger partial charge in [0.25, 0.3) is 0 Å². The van der Waals surface area contributed by atoms with E-state index in [0.29, 0.717) is 39.4 Å². The molecule has 3 aliphatic rings. The highest BCUT2D eigenvalue weighted by molar-refractivity contribution is 7.88. The van der Waals surface area contributed by atoms with Crippen molar-refractivity contribution in [2.75, 3.05) is 70.2 Å². The van der Waals surface area contributed by atoms with Crippen molar-refractivity contribution in [3.8, 4) is 0 Å². The number of benzene rings is 1. The van der Waals surface area contributed by atoms with Gasteiger partial charge in [0.05, 0.1) is 41.4 Å². The highest BCUT2D eigenvalue weighted by Crippen LogP contribution is 2.45. The number of aromatic nitrogens is 4. The predicted molar refractivity (Wildman–Crippen MR) is 160 cm³/mol. The quantitative estimate of drug-likeness (QED) is 0.359. The lowest BCUT2D eigenvalue weighted by Crippen LogP contribution is -2.64. The Labute approximate surface area is 244 Å². The van der Waals surface area contributed by atoms with Crippen molar-refractivity contribution in [1.29, 1.82) is 0 Å². The molecule has 0 amide bonds. The fourth-order valence-electron chi connectivity index (χ4n) is 6.93. The first-order valence-electron chi connectivity index (χ1n) is 14.4. The van der Waals surface area contributed by atoms with E-state index >= 15 is 0 Å². The van der Waals surface area contributed by atoms with Crippen LogP contribution in [0.2, 0.25) is 0 Å². The summed E-state index contributed by atoms with van der Waals surface area (Å²) in [4.78, 5) is 18.0. The molecule has 0 aliphatic carbocycles. The van der Waals surface area contributed by atoms with Gasteiger partial charge in [-0.1, -0.05) is 12.1 Å². The summed E-state index contributed by atoms with van der Waals surface area (Å²) in [5.41, 5.74) is 2.88. The largest absolute Gasteiger partial charge is 0.378 e. The molecule has 1 aromatic carbocycles. The lowest BCUT2D eigenvalue weighted by molar-refractivity contribution is -0.106. The molecule has 1 unspecified atom stereocenters. The van der Waals surface area contributed by atoms with Crippen molar-refractivity contribution in [2.24, 2.45) is 0 Å². The van der Waals surface area contributed by atoms with Gasteiger partial charge in [0.2, 0.25) is 10.0 Å². The van der Waals surface area contributed by atoms with Gasteiger partial charge in [0.15, 0.2) is 0 Å². The van der Waals surface area contributed by atoms with Crippen LogP contribution in [0.4, 0.5) is 5.82 Å². The Balaban J connectivity index is 1.28. The molecule has 1 atom stereocenters. The van der Waals surface area contributed by atoms with Crippen molar-refractivity contribution >= 4 is 48.3 Å². The van der Waals surface area contributed by atoms with Gasteiger partial charge in [-0.25, -0.2) is 18.4 Å². The number of rotatable bonds is 6. The zero-order valence-corrected chi connectivity index (χ0v) is 25.0. The molecule has 0 radical (unpaired) electrons. The topological polar surface area (TPSA) is 111 Å². The van der Waals surface area contributed by atoms with Gasteiger partial charge < -0.3 is 9.64 Å². The summed E-state index contributed by atoms with van der Waals surface area (Å²) < 4.78 is 33.0. The maximum atomic E-state index is 12.4. The molecule has 1 N–H and O–H groups in total. The Kier molecular flexibility index (Phi) is 7.20. The van der Waals surface area contributed by atoms with E-state index < -0.39 is 10.0 Å². The van der Waals surface area contributed by atoms with Crippen LogP contribution >= 0.6 is 11.3 Å². The van der Waals surface area contributed by atoms with Crippen molar-refractivity contribution < 1.29 is 13.2 Å². The lowest BCUT2D eigenvalue weighted by Gasteiger charge is -2.55. The molecule has 11 nitrogen and oxygen atoms in total. The first-order valence-corrected chi connectivity index (χ1v) is 17.0. The number of piperazine rings is 1. The number of aromatic amines is 1. The van der Waals surface area contributed by atoms with Gasteiger partial charge in [-0.3, -0.25) is 14.9 Å². The second-order valence-electron chi connectivity index (χ2n) is 11.2. The Morgan fingerprint density at radius 3 is 2.68 bits per heavy atom. The lowest BCUT2D eigenvalue weighted by atomic mass is 9.84. The first kappa shape index (κ1) is 27.2. The van der Waals surface area contributed by atoms with E-state index in [0.717, 1.165) is 72.4 Å². The highest BCUT2D eigenvalue weighted by Gasteiger charge is 2.47. The second-order valence-corrected chi connectivity index (χ2v) is 14.3. The Morgan fingerprint density at radius 1 is 1.05 bits per heavy atom. The molecule has 3 aromatic heterocycles. The van der Waals surface area contributed by atoms with Crippen LogP contribution in [0.3, 0.4) is 0 Å². The van der Waals surface area contributed by atoms with Crippen LogP contribution in [0.1, 0.15) is 29.7 Å². The number of anilines is 1. The molecular weight excluding hydrogens is 560 g/mol. The van der Waals surface area contributed by atoms with Crippen LogP contribution in [0.25, 0.3) is 21.1 Å². The molecule has 0 spiro atoms. The van der Waals surface area contributed by atoms with Gasteiger partial charge >= 0.3 is 0 Å². The van der Waals surface area contributed by atoms with Crippen LogP contribution in [0, 0.1) is 0 Å². The van der Waals surface area contributed by atoms with Crippen molar-refractivity contribution in [1.82, 2.24) is 34.3 Å². The van der Waals surface area contributed by atoms with Gasteiger partial charge in [0.1, 0.15) is 17.8 Å². The standard InChI is InChI=1S/C28H36N8O3S2/c1-41(37,38)36-11-9-34(10-12-36)28(23-5-4-6-24-22(23)18-31-32-24)7-2-3-8-35(28)19-21-17-25-26(40-21)27(30-20-29-25)33-13-15-39-16-14-33/h4-6,17-18,20H,2-3,7-16,19H2,1H3,(H,31,32). The number of sulfonamides is 1. The third-order valence-electron chi connectivity index (χ3n) is 8.87. The maximum absolute atomic E-state index is 12.4. The van der Waals surface area contributed by atoms with Crippen molar-refractivity contribution in [3.63, 3.8) is 0 Å². The average Bonchev–Trinajstić information content (AvgIpc) is 3.64. The number of H-pyrrole nitrogens is 1. The predicted octanol–water partition coefficient (Wildman–Crippen LogP) is 2.82. The summed E-state index contributed by atoms with van der Waals surface area (Å²) in [6, 6.07) is 8.66. The van der Waals surface area contributed by atoms with Crippen LogP contribution < -0.4 is 4.90 Å². The minimum absolute atomic E-state index is 0.375. The summed E-state index contributed by atoms with van der Waals surface area (Å²) in [5, 5.41) is 8.68. The molecule has 4 aromatic rings. The highest BCUT2D eigenvalue weighted by atomic mass is 32.2. The fraction of sp³-hybridized carbons (Fsp3) is 0.536. The van der Waals surface area contributed by atoms with E-state index in [1.54, 1.807) is 22.0 Å². The first-order chi connectivity index (χ1) is 19.9. The molecule has 41 heavy (non-hydrogen) atoms. The van der Waals surface area contributed by atoms with Gasteiger partial charge in [-0.05, 0) is 37.0 Å². The molecule has 3 saturated heterocycles. The molecule has 0 bridgehead atoms. The maximum Gasteiger partial charge on any atom is 0.211 e. The minimum Gasteiger partial charge on any atom is -0.378 e. The average molecular weight is 597 g/mol. The smallest absolute Gasteiger partial charge is 0.211 e. The summed E-state index contributed by atoms with van der Waals surface area (Å²) in [5.74, 6) is 1.000. The van der Waals surface area contributed by atoms with Gasteiger partial charge in [0, 0.05) is 62.6 Å².